The molecule has 6 aliphatic rings. The van der Waals surface area contributed by atoms with E-state index in [-0.39, 0.29) is 35.2 Å². The molecule has 4 aliphatic carbocycles. The molecule has 1 aromatic carbocycles. The van der Waals surface area contributed by atoms with Gasteiger partial charge in [-0.1, -0.05) is 24.3 Å². The average molecular weight is 365 g/mol. The van der Waals surface area contributed by atoms with Crippen LogP contribution in [0.1, 0.15) is 36.5 Å². The number of carbonyl (C=O) groups is 1. The zero-order chi connectivity index (χ0) is 18.8. The first kappa shape index (κ1) is 16.3. The molecule has 1 saturated carbocycles. The van der Waals surface area contributed by atoms with Crippen molar-refractivity contribution in [1.29, 1.82) is 0 Å². The number of Topliss-reactive ketones (excluding diaryl/α,β-unsaturated/α-hetero) is 1. The summed E-state index contributed by atoms with van der Waals surface area (Å²) < 4.78 is 6.77. The smallest absolute Gasteiger partial charge is 0.134 e. The van der Waals surface area contributed by atoms with Crippen LogP contribution in [0.25, 0.3) is 0 Å². The lowest BCUT2D eigenvalue weighted by atomic mass is 9.35. The first-order valence-electron chi connectivity index (χ1n) is 10.2. The van der Waals surface area contributed by atoms with E-state index >= 15 is 0 Å². The second kappa shape index (κ2) is 4.66. The number of aryl methyl sites for hydroxylation is 1. The third-order valence-corrected chi connectivity index (χ3v) is 8.93. The first-order valence-corrected chi connectivity index (χ1v) is 10.2. The summed E-state index contributed by atoms with van der Waals surface area (Å²) in [4.78, 5) is 15.2. The molecule has 4 nitrogen and oxygen atoms in total. The maximum Gasteiger partial charge on any atom is 0.134 e. The summed E-state index contributed by atoms with van der Waals surface area (Å²) in [6, 6.07) is 4.86. The molecule has 7 rings (SSSR count). The van der Waals surface area contributed by atoms with Gasteiger partial charge >= 0.3 is 0 Å². The molecule has 2 heterocycles. The van der Waals surface area contributed by atoms with Crippen molar-refractivity contribution in [2.75, 3.05) is 20.2 Å². The van der Waals surface area contributed by atoms with Gasteiger partial charge in [-0.2, -0.15) is 0 Å². The number of benzene rings is 1. The molecule has 142 valence electrons. The van der Waals surface area contributed by atoms with Crippen molar-refractivity contribution in [3.63, 3.8) is 0 Å². The molecule has 0 amide bonds. The summed E-state index contributed by atoms with van der Waals surface area (Å²) in [5.74, 6) is 1.05. The summed E-state index contributed by atoms with van der Waals surface area (Å²) in [6.45, 7) is 4.83. The van der Waals surface area contributed by atoms with E-state index in [4.69, 9.17) is 4.74 Å². The van der Waals surface area contributed by atoms with Crippen molar-refractivity contribution >= 4 is 5.78 Å². The van der Waals surface area contributed by atoms with Gasteiger partial charge in [0.25, 0.3) is 0 Å². The van der Waals surface area contributed by atoms with Crippen molar-refractivity contribution < 1.29 is 14.6 Å². The van der Waals surface area contributed by atoms with E-state index in [9.17, 15) is 9.90 Å². The van der Waals surface area contributed by atoms with Gasteiger partial charge in [-0.25, -0.2) is 0 Å². The number of hydrogen-bond acceptors (Lipinski definition) is 4. The Morgan fingerprint density at radius 3 is 2.93 bits per heavy atom. The fraction of sp³-hybridized carbons (Fsp3) is 0.609. The molecular weight excluding hydrogens is 338 g/mol. The zero-order valence-electron chi connectivity index (χ0n) is 16.3. The molecule has 6 atom stereocenters. The fourth-order valence-corrected chi connectivity index (χ4v) is 7.80. The van der Waals surface area contributed by atoms with Crippen LogP contribution in [-0.2, 0) is 16.6 Å². The number of hydrogen-bond donors (Lipinski definition) is 1. The van der Waals surface area contributed by atoms with Crippen LogP contribution in [0.15, 0.2) is 24.3 Å². The third kappa shape index (κ3) is 1.46. The highest BCUT2D eigenvalue weighted by molar-refractivity contribution is 5.81. The Labute approximate surface area is 160 Å². The largest absolute Gasteiger partial charge is 0.488 e. The average Bonchev–Trinajstić information content (AvgIpc) is 3.03. The highest BCUT2D eigenvalue weighted by atomic mass is 16.5. The number of likely N-dealkylation sites (N-methyl/N-ethyl adjacent to an activating group) is 1. The minimum atomic E-state index is -0.603. The van der Waals surface area contributed by atoms with Gasteiger partial charge in [0.15, 0.2) is 0 Å². The number of fused-ring (bicyclic) bond motifs is 1. The lowest BCUT2D eigenvalue weighted by Gasteiger charge is -2.71. The standard InChI is InChI=1S/C23H27NO3/c1-13-4-5-15-10-17-22-7-6-21(12-25,16(11-22)14(2)26)20-23(22,8-9-24(17)3)18(15)19(13)27-20/h4-7,16-17,20,25H,8-12H2,1-3H3/t16?,17-,20+,21-,22-,23+/m1/s1. The lowest BCUT2D eigenvalue weighted by molar-refractivity contribution is -0.184. The molecule has 4 bridgehead atoms. The first-order chi connectivity index (χ1) is 12.9. The van der Waals surface area contributed by atoms with Gasteiger partial charge in [0.1, 0.15) is 17.6 Å². The van der Waals surface area contributed by atoms with Gasteiger partial charge in [-0.05, 0) is 57.8 Å². The highest BCUT2D eigenvalue weighted by Gasteiger charge is 2.78. The number of aliphatic hydroxyl groups is 1. The number of ketones is 1. The van der Waals surface area contributed by atoms with E-state index in [1.807, 2.05) is 0 Å². The molecule has 2 fully saturated rings. The minimum Gasteiger partial charge on any atom is -0.488 e. The van der Waals surface area contributed by atoms with E-state index in [0.29, 0.717) is 6.04 Å². The van der Waals surface area contributed by atoms with Gasteiger partial charge in [-0.15, -0.1) is 0 Å². The molecule has 2 aliphatic heterocycles. The van der Waals surface area contributed by atoms with Crippen LogP contribution in [0.4, 0.5) is 0 Å². The number of carbonyl (C=O) groups excluding carboxylic acids is 1. The Balaban J connectivity index is 1.73. The van der Waals surface area contributed by atoms with E-state index in [2.05, 4.69) is 43.2 Å². The van der Waals surface area contributed by atoms with Crippen molar-refractivity contribution in [2.24, 2.45) is 16.7 Å². The van der Waals surface area contributed by atoms with Crippen LogP contribution in [0, 0.1) is 23.7 Å². The molecule has 0 radical (unpaired) electrons. The number of likely N-dealkylation sites (tertiary alicyclic amines) is 1. The Morgan fingerprint density at radius 1 is 1.37 bits per heavy atom. The molecule has 1 N–H and O–H groups in total. The van der Waals surface area contributed by atoms with E-state index in [1.54, 1.807) is 6.92 Å². The molecular formula is C23H27NO3. The van der Waals surface area contributed by atoms with Gasteiger partial charge in [0.2, 0.25) is 0 Å². The van der Waals surface area contributed by atoms with Gasteiger partial charge in [0.05, 0.1) is 12.0 Å². The van der Waals surface area contributed by atoms with Crippen molar-refractivity contribution in [3.8, 4) is 5.75 Å². The van der Waals surface area contributed by atoms with Crippen molar-refractivity contribution in [2.45, 2.75) is 50.7 Å². The minimum absolute atomic E-state index is 0.0287. The lowest BCUT2D eigenvalue weighted by Crippen LogP contribution is -2.77. The number of nitrogens with zero attached hydrogens (tertiary/aromatic N) is 1. The van der Waals surface area contributed by atoms with E-state index < -0.39 is 5.41 Å². The molecule has 1 saturated heterocycles. The Bertz CT molecular complexity index is 922. The zero-order valence-corrected chi connectivity index (χ0v) is 16.3. The van der Waals surface area contributed by atoms with Crippen LogP contribution in [0.5, 0.6) is 5.75 Å². The molecule has 0 aromatic heterocycles. The van der Waals surface area contributed by atoms with E-state index in [1.165, 1.54) is 16.7 Å². The quantitative estimate of drug-likeness (QED) is 0.818. The maximum atomic E-state index is 12.7. The van der Waals surface area contributed by atoms with E-state index in [0.717, 1.165) is 31.6 Å². The summed E-state index contributed by atoms with van der Waals surface area (Å²) >= 11 is 0. The third-order valence-electron chi connectivity index (χ3n) is 8.93. The van der Waals surface area contributed by atoms with Crippen LogP contribution < -0.4 is 4.74 Å². The Hall–Kier alpha value is -1.65. The topological polar surface area (TPSA) is 49.8 Å². The van der Waals surface area contributed by atoms with Gasteiger partial charge in [-0.3, -0.25) is 4.79 Å². The molecule has 1 aromatic rings. The summed E-state index contributed by atoms with van der Waals surface area (Å²) in [5.41, 5.74) is 3.20. The Kier molecular flexibility index (Phi) is 2.82. The monoisotopic (exact) mass is 365 g/mol. The van der Waals surface area contributed by atoms with Gasteiger partial charge < -0.3 is 14.7 Å². The van der Waals surface area contributed by atoms with Crippen molar-refractivity contribution in [1.82, 2.24) is 4.90 Å². The second-order valence-corrected chi connectivity index (χ2v) is 9.68. The van der Waals surface area contributed by atoms with Crippen LogP contribution >= 0.6 is 0 Å². The number of aliphatic hydroxyl groups excluding tert-OH is 1. The maximum absolute atomic E-state index is 12.7. The second-order valence-electron chi connectivity index (χ2n) is 9.68. The Morgan fingerprint density at radius 2 is 2.19 bits per heavy atom. The predicted molar refractivity (Wildman–Crippen MR) is 102 cm³/mol. The van der Waals surface area contributed by atoms with Crippen LogP contribution in [0.2, 0.25) is 0 Å². The SMILES string of the molecule is CC(=O)C1C[C@@]23C=C[C@]1(CO)[C@@H]1Oc4c(C)ccc5c4[C@@]12CCN(C)[C@@H]3C5. The van der Waals surface area contributed by atoms with Crippen molar-refractivity contribution in [3.05, 3.63) is 41.0 Å². The van der Waals surface area contributed by atoms with Gasteiger partial charge in [0, 0.05) is 28.4 Å². The summed E-state index contributed by atoms with van der Waals surface area (Å²) in [6.07, 6.45) is 7.30. The number of ether oxygens (including phenoxy) is 1. The normalized spacial score (nSPS) is 45.6. The molecule has 2 spiro atoms. The predicted octanol–water partition coefficient (Wildman–Crippen LogP) is 2.40. The van der Waals surface area contributed by atoms with Crippen LogP contribution in [-0.4, -0.2) is 48.1 Å². The number of rotatable bonds is 2. The highest BCUT2D eigenvalue weighted by Crippen LogP contribution is 2.75. The summed E-state index contributed by atoms with van der Waals surface area (Å²) in [7, 11) is 2.23. The summed E-state index contributed by atoms with van der Waals surface area (Å²) in [5, 5.41) is 10.6. The molecule has 4 heteroatoms. The number of piperidine rings is 1. The fourth-order valence-electron chi connectivity index (χ4n) is 7.80. The molecule has 1 unspecified atom stereocenters. The van der Waals surface area contributed by atoms with Crippen LogP contribution in [0.3, 0.4) is 0 Å². The molecule has 27 heavy (non-hydrogen) atoms.